The number of hydrogen-bond acceptors (Lipinski definition) is 4. The molecular formula is C22H29N3O2. The predicted molar refractivity (Wildman–Crippen MR) is 109 cm³/mol. The second kappa shape index (κ2) is 9.42. The third-order valence-corrected chi connectivity index (χ3v) is 5.23. The fourth-order valence-electron chi connectivity index (χ4n) is 3.45. The summed E-state index contributed by atoms with van der Waals surface area (Å²) in [5, 5.41) is 3.08. The van der Waals surface area contributed by atoms with Gasteiger partial charge in [0.15, 0.2) is 0 Å². The van der Waals surface area contributed by atoms with E-state index in [-0.39, 0.29) is 11.9 Å². The van der Waals surface area contributed by atoms with Crippen molar-refractivity contribution < 1.29 is 9.53 Å². The van der Waals surface area contributed by atoms with Crippen LogP contribution in [0.25, 0.3) is 0 Å². The summed E-state index contributed by atoms with van der Waals surface area (Å²) in [5.74, 6) is 0.988. The number of benzene rings is 2. The van der Waals surface area contributed by atoms with Crippen LogP contribution in [0.15, 0.2) is 54.6 Å². The molecule has 5 nitrogen and oxygen atoms in total. The Labute approximate surface area is 161 Å². The first-order chi connectivity index (χ1) is 13.2. The Morgan fingerprint density at radius 2 is 1.70 bits per heavy atom. The molecule has 5 heteroatoms. The average Bonchev–Trinajstić information content (AvgIpc) is 2.74. The lowest BCUT2D eigenvalue weighted by Crippen LogP contribution is -2.54. The Hall–Kier alpha value is -2.53. The summed E-state index contributed by atoms with van der Waals surface area (Å²) < 4.78 is 5.22. The Balaban J connectivity index is 1.43. The minimum Gasteiger partial charge on any atom is -0.497 e. The van der Waals surface area contributed by atoms with Crippen molar-refractivity contribution in [2.24, 2.45) is 0 Å². The summed E-state index contributed by atoms with van der Waals surface area (Å²) in [6, 6.07) is 18.3. The van der Waals surface area contributed by atoms with Crippen molar-refractivity contribution in [3.8, 4) is 5.75 Å². The summed E-state index contributed by atoms with van der Waals surface area (Å²) >= 11 is 0. The zero-order chi connectivity index (χ0) is 19.1. The number of ether oxygens (including phenoxy) is 1. The van der Waals surface area contributed by atoms with E-state index in [4.69, 9.17) is 4.74 Å². The first kappa shape index (κ1) is 19.2. The molecule has 1 amide bonds. The van der Waals surface area contributed by atoms with Crippen LogP contribution in [0.1, 0.15) is 12.5 Å². The van der Waals surface area contributed by atoms with E-state index in [1.165, 1.54) is 11.3 Å². The number of anilines is 1. The fraction of sp³-hybridized carbons (Fsp3) is 0.409. The normalized spacial score (nSPS) is 16.0. The highest BCUT2D eigenvalue weighted by molar-refractivity contribution is 5.81. The van der Waals surface area contributed by atoms with Gasteiger partial charge in [-0.15, -0.1) is 0 Å². The average molecular weight is 367 g/mol. The van der Waals surface area contributed by atoms with Gasteiger partial charge in [-0.1, -0.05) is 30.3 Å². The molecule has 0 spiro atoms. The molecule has 1 saturated heterocycles. The SMILES string of the molecule is COc1ccc(N2CCN([C@H](C)C(=O)NCCc3ccccc3)CC2)cc1. The number of hydrogen-bond donors (Lipinski definition) is 1. The third kappa shape index (κ3) is 5.23. The highest BCUT2D eigenvalue weighted by Crippen LogP contribution is 2.21. The molecule has 0 saturated carbocycles. The fourth-order valence-corrected chi connectivity index (χ4v) is 3.45. The van der Waals surface area contributed by atoms with Crippen molar-refractivity contribution in [3.63, 3.8) is 0 Å². The van der Waals surface area contributed by atoms with Crippen LogP contribution in [-0.2, 0) is 11.2 Å². The highest BCUT2D eigenvalue weighted by Gasteiger charge is 2.25. The number of carbonyl (C=O) groups excluding carboxylic acids is 1. The molecular weight excluding hydrogens is 338 g/mol. The minimum absolute atomic E-state index is 0.0983. The van der Waals surface area contributed by atoms with Gasteiger partial charge in [0.25, 0.3) is 0 Å². The Bertz CT molecular complexity index is 710. The minimum atomic E-state index is -0.0983. The molecule has 144 valence electrons. The van der Waals surface area contributed by atoms with Crippen molar-refractivity contribution >= 4 is 11.6 Å². The van der Waals surface area contributed by atoms with Crippen LogP contribution in [0, 0.1) is 0 Å². The number of nitrogens with one attached hydrogen (secondary N) is 1. The largest absolute Gasteiger partial charge is 0.497 e. The quantitative estimate of drug-likeness (QED) is 0.817. The molecule has 3 rings (SSSR count). The molecule has 0 aromatic heterocycles. The van der Waals surface area contributed by atoms with Crippen LogP contribution in [0.5, 0.6) is 5.75 Å². The number of rotatable bonds is 7. The van der Waals surface area contributed by atoms with Crippen molar-refractivity contribution in [1.82, 2.24) is 10.2 Å². The lowest BCUT2D eigenvalue weighted by atomic mass is 10.1. The molecule has 1 fully saturated rings. The van der Waals surface area contributed by atoms with E-state index in [1.807, 2.05) is 37.3 Å². The van der Waals surface area contributed by atoms with Gasteiger partial charge < -0.3 is 15.0 Å². The molecule has 0 bridgehead atoms. The monoisotopic (exact) mass is 367 g/mol. The number of carbonyl (C=O) groups is 1. The van der Waals surface area contributed by atoms with Crippen molar-refractivity contribution in [2.75, 3.05) is 44.7 Å². The van der Waals surface area contributed by atoms with Crippen LogP contribution in [0.2, 0.25) is 0 Å². The van der Waals surface area contributed by atoms with E-state index in [9.17, 15) is 4.79 Å². The maximum absolute atomic E-state index is 12.5. The first-order valence-corrected chi connectivity index (χ1v) is 9.62. The summed E-state index contributed by atoms with van der Waals surface area (Å²) in [6.45, 7) is 6.31. The molecule has 2 aromatic carbocycles. The second-order valence-electron chi connectivity index (χ2n) is 6.92. The van der Waals surface area contributed by atoms with E-state index in [1.54, 1.807) is 7.11 Å². The molecule has 1 heterocycles. The third-order valence-electron chi connectivity index (χ3n) is 5.23. The first-order valence-electron chi connectivity index (χ1n) is 9.62. The molecule has 0 unspecified atom stereocenters. The molecule has 1 atom stereocenters. The molecule has 0 radical (unpaired) electrons. The van der Waals surface area contributed by atoms with E-state index < -0.39 is 0 Å². The molecule has 27 heavy (non-hydrogen) atoms. The standard InChI is InChI=1S/C22H29N3O2/c1-18(22(26)23-13-12-19-6-4-3-5-7-19)24-14-16-25(17-15-24)20-8-10-21(27-2)11-9-20/h3-11,18H,12-17H2,1-2H3,(H,23,26)/t18-/m1/s1. The lowest BCUT2D eigenvalue weighted by molar-refractivity contribution is -0.125. The van der Waals surface area contributed by atoms with Gasteiger partial charge in [-0.05, 0) is 43.2 Å². The number of methoxy groups -OCH3 is 1. The molecule has 0 aliphatic carbocycles. The Morgan fingerprint density at radius 1 is 1.04 bits per heavy atom. The molecule has 2 aromatic rings. The maximum Gasteiger partial charge on any atom is 0.237 e. The zero-order valence-corrected chi connectivity index (χ0v) is 16.2. The topological polar surface area (TPSA) is 44.8 Å². The summed E-state index contributed by atoms with van der Waals surface area (Å²) in [7, 11) is 1.68. The van der Waals surface area contributed by atoms with E-state index in [2.05, 4.69) is 39.4 Å². The van der Waals surface area contributed by atoms with Crippen molar-refractivity contribution in [1.29, 1.82) is 0 Å². The van der Waals surface area contributed by atoms with Crippen LogP contribution in [0.3, 0.4) is 0 Å². The van der Waals surface area contributed by atoms with Crippen molar-refractivity contribution in [3.05, 3.63) is 60.2 Å². The summed E-state index contributed by atoms with van der Waals surface area (Å²) in [5.41, 5.74) is 2.45. The predicted octanol–water partition coefficient (Wildman–Crippen LogP) is 2.56. The van der Waals surface area contributed by atoms with E-state index >= 15 is 0 Å². The van der Waals surface area contributed by atoms with Gasteiger partial charge in [0, 0.05) is 38.4 Å². The lowest BCUT2D eigenvalue weighted by Gasteiger charge is -2.38. The maximum atomic E-state index is 12.5. The van der Waals surface area contributed by atoms with Gasteiger partial charge >= 0.3 is 0 Å². The van der Waals surface area contributed by atoms with Crippen LogP contribution in [-0.4, -0.2) is 56.7 Å². The number of piperazine rings is 1. The Kier molecular flexibility index (Phi) is 6.71. The van der Waals surface area contributed by atoms with Gasteiger partial charge in [-0.25, -0.2) is 0 Å². The van der Waals surface area contributed by atoms with Gasteiger partial charge in [0.2, 0.25) is 5.91 Å². The van der Waals surface area contributed by atoms with Crippen LogP contribution in [0.4, 0.5) is 5.69 Å². The van der Waals surface area contributed by atoms with Crippen molar-refractivity contribution in [2.45, 2.75) is 19.4 Å². The van der Waals surface area contributed by atoms with Gasteiger partial charge in [-0.2, -0.15) is 0 Å². The van der Waals surface area contributed by atoms with Gasteiger partial charge in [0.1, 0.15) is 5.75 Å². The van der Waals surface area contributed by atoms with Gasteiger partial charge in [-0.3, -0.25) is 9.69 Å². The van der Waals surface area contributed by atoms with Crippen LogP contribution < -0.4 is 15.0 Å². The second-order valence-corrected chi connectivity index (χ2v) is 6.92. The van der Waals surface area contributed by atoms with E-state index in [0.717, 1.165) is 38.3 Å². The summed E-state index contributed by atoms with van der Waals surface area (Å²) in [4.78, 5) is 17.1. The van der Waals surface area contributed by atoms with Gasteiger partial charge in [0.05, 0.1) is 13.2 Å². The number of nitrogens with zero attached hydrogens (tertiary/aromatic N) is 2. The highest BCUT2D eigenvalue weighted by atomic mass is 16.5. The Morgan fingerprint density at radius 3 is 2.33 bits per heavy atom. The zero-order valence-electron chi connectivity index (χ0n) is 16.2. The number of amides is 1. The summed E-state index contributed by atoms with van der Waals surface area (Å²) in [6.07, 6.45) is 0.866. The van der Waals surface area contributed by atoms with Crippen LogP contribution >= 0.6 is 0 Å². The molecule has 1 aliphatic heterocycles. The smallest absolute Gasteiger partial charge is 0.237 e. The molecule has 1 aliphatic rings. The van der Waals surface area contributed by atoms with E-state index in [0.29, 0.717) is 6.54 Å². The molecule has 1 N–H and O–H groups in total.